The molecule has 1 atom stereocenters. The Morgan fingerprint density at radius 1 is 1.41 bits per heavy atom. The first-order valence-electron chi connectivity index (χ1n) is 6.33. The van der Waals surface area contributed by atoms with Crippen molar-refractivity contribution in [1.29, 1.82) is 0 Å². The summed E-state index contributed by atoms with van der Waals surface area (Å²) >= 11 is 0. The van der Waals surface area contributed by atoms with Crippen molar-refractivity contribution in [3.8, 4) is 0 Å². The fraction of sp³-hybridized carbons (Fsp3) is 0.308. The summed E-state index contributed by atoms with van der Waals surface area (Å²) in [5, 5.41) is 5.10. The van der Waals surface area contributed by atoms with E-state index >= 15 is 0 Å². The van der Waals surface area contributed by atoms with Gasteiger partial charge < -0.3 is 15.1 Å². The van der Waals surface area contributed by atoms with Gasteiger partial charge in [0, 0.05) is 6.20 Å². The quantitative estimate of drug-likeness (QED) is 0.884. The van der Waals surface area contributed by atoms with Crippen LogP contribution in [-0.2, 0) is 17.5 Å². The van der Waals surface area contributed by atoms with E-state index in [9.17, 15) is 18.0 Å². The van der Waals surface area contributed by atoms with Gasteiger partial charge in [0.25, 0.3) is 0 Å². The van der Waals surface area contributed by atoms with Crippen LogP contribution in [0.4, 0.5) is 19.1 Å². The Balaban J connectivity index is 1.93. The third-order valence-corrected chi connectivity index (χ3v) is 2.70. The van der Waals surface area contributed by atoms with E-state index in [2.05, 4.69) is 20.6 Å². The van der Waals surface area contributed by atoms with E-state index in [1.807, 2.05) is 0 Å². The Labute approximate surface area is 123 Å². The summed E-state index contributed by atoms with van der Waals surface area (Å²) in [5.41, 5.74) is -1.08. The Hall–Kier alpha value is -2.58. The standard InChI is InChI=1S/C13H13F3N4O2/c1-8(11(21)18-7-9-3-2-6-22-9)19-12-17-5-4-10(20-12)13(14,15)16/h2-6,8H,7H2,1H3,(H,18,21)(H,17,19,20). The highest BCUT2D eigenvalue weighted by Gasteiger charge is 2.33. The monoisotopic (exact) mass is 314 g/mol. The number of nitrogens with one attached hydrogen (secondary N) is 2. The minimum absolute atomic E-state index is 0.182. The molecule has 0 aliphatic heterocycles. The van der Waals surface area contributed by atoms with Crippen molar-refractivity contribution in [3.05, 3.63) is 42.1 Å². The minimum atomic E-state index is -4.57. The number of halogens is 3. The van der Waals surface area contributed by atoms with Gasteiger partial charge in [-0.15, -0.1) is 0 Å². The van der Waals surface area contributed by atoms with Crippen molar-refractivity contribution >= 4 is 11.9 Å². The van der Waals surface area contributed by atoms with Crippen LogP contribution in [0.15, 0.2) is 35.1 Å². The number of amides is 1. The molecule has 1 unspecified atom stereocenters. The number of anilines is 1. The normalized spacial score (nSPS) is 12.7. The molecule has 9 heteroatoms. The topological polar surface area (TPSA) is 80.0 Å². The van der Waals surface area contributed by atoms with Crippen LogP contribution in [-0.4, -0.2) is 21.9 Å². The smallest absolute Gasteiger partial charge is 0.433 e. The summed E-state index contributed by atoms with van der Waals surface area (Å²) < 4.78 is 42.7. The molecule has 0 saturated carbocycles. The SMILES string of the molecule is CC(Nc1nccc(C(F)(F)F)n1)C(=O)NCc1ccco1. The van der Waals surface area contributed by atoms with Gasteiger partial charge in [0.15, 0.2) is 0 Å². The Bertz CT molecular complexity index is 628. The summed E-state index contributed by atoms with van der Waals surface area (Å²) in [6, 6.07) is 3.32. The lowest BCUT2D eigenvalue weighted by atomic mass is 10.3. The second-order valence-electron chi connectivity index (χ2n) is 4.43. The van der Waals surface area contributed by atoms with E-state index in [-0.39, 0.29) is 12.5 Å². The number of hydrogen-bond donors (Lipinski definition) is 2. The first-order valence-corrected chi connectivity index (χ1v) is 6.33. The molecule has 22 heavy (non-hydrogen) atoms. The molecular weight excluding hydrogens is 301 g/mol. The molecule has 0 aliphatic carbocycles. The number of carbonyl (C=O) groups excluding carboxylic acids is 1. The summed E-state index contributed by atoms with van der Waals surface area (Å²) in [5.74, 6) is -0.122. The van der Waals surface area contributed by atoms with Crippen molar-refractivity contribution in [2.24, 2.45) is 0 Å². The highest BCUT2D eigenvalue weighted by atomic mass is 19.4. The number of rotatable bonds is 5. The zero-order valence-corrected chi connectivity index (χ0v) is 11.5. The van der Waals surface area contributed by atoms with E-state index in [0.29, 0.717) is 5.76 Å². The third-order valence-electron chi connectivity index (χ3n) is 2.70. The first-order chi connectivity index (χ1) is 10.4. The van der Waals surface area contributed by atoms with E-state index in [1.165, 1.54) is 13.2 Å². The Kier molecular flexibility index (Phi) is 4.64. The highest BCUT2D eigenvalue weighted by Crippen LogP contribution is 2.27. The molecule has 0 bridgehead atoms. The molecule has 0 spiro atoms. The lowest BCUT2D eigenvalue weighted by Crippen LogP contribution is -2.37. The lowest BCUT2D eigenvalue weighted by Gasteiger charge is -2.14. The maximum atomic E-state index is 12.5. The fourth-order valence-electron chi connectivity index (χ4n) is 1.59. The third kappa shape index (κ3) is 4.21. The first kappa shape index (κ1) is 15.8. The van der Waals surface area contributed by atoms with Gasteiger partial charge in [0.1, 0.15) is 17.5 Å². The maximum Gasteiger partial charge on any atom is 0.433 e. The van der Waals surface area contributed by atoms with E-state index in [4.69, 9.17) is 4.42 Å². The predicted molar refractivity (Wildman–Crippen MR) is 70.7 cm³/mol. The van der Waals surface area contributed by atoms with Crippen molar-refractivity contribution in [1.82, 2.24) is 15.3 Å². The molecule has 6 nitrogen and oxygen atoms in total. The summed E-state index contributed by atoms with van der Waals surface area (Å²) in [6.07, 6.45) is -2.12. The molecule has 0 aliphatic rings. The average Bonchev–Trinajstić information content (AvgIpc) is 2.97. The summed E-state index contributed by atoms with van der Waals surface area (Å²) in [4.78, 5) is 18.8. The molecule has 2 aromatic rings. The van der Waals surface area contributed by atoms with Crippen molar-refractivity contribution in [3.63, 3.8) is 0 Å². The zero-order valence-electron chi connectivity index (χ0n) is 11.5. The molecule has 2 rings (SSSR count). The van der Waals surface area contributed by atoms with Crippen molar-refractivity contribution < 1.29 is 22.4 Å². The molecule has 1 amide bonds. The van der Waals surface area contributed by atoms with Crippen LogP contribution in [0.1, 0.15) is 18.4 Å². The molecule has 2 aromatic heterocycles. The minimum Gasteiger partial charge on any atom is -0.467 e. The number of nitrogens with zero attached hydrogens (tertiary/aromatic N) is 2. The van der Waals surface area contributed by atoms with Gasteiger partial charge in [-0.3, -0.25) is 4.79 Å². The molecule has 0 fully saturated rings. The van der Waals surface area contributed by atoms with Crippen LogP contribution in [0, 0.1) is 0 Å². The number of aromatic nitrogens is 2. The van der Waals surface area contributed by atoms with E-state index in [0.717, 1.165) is 12.3 Å². The largest absolute Gasteiger partial charge is 0.467 e. The maximum absolute atomic E-state index is 12.5. The predicted octanol–water partition coefficient (Wildman–Crippen LogP) is 2.21. The van der Waals surface area contributed by atoms with Crippen molar-refractivity contribution in [2.75, 3.05) is 5.32 Å². The van der Waals surface area contributed by atoms with E-state index < -0.39 is 23.8 Å². The number of carbonyl (C=O) groups is 1. The molecule has 2 heterocycles. The second-order valence-corrected chi connectivity index (χ2v) is 4.43. The highest BCUT2D eigenvalue weighted by molar-refractivity contribution is 5.83. The van der Waals surface area contributed by atoms with Crippen LogP contribution < -0.4 is 10.6 Å². The van der Waals surface area contributed by atoms with E-state index in [1.54, 1.807) is 12.1 Å². The summed E-state index contributed by atoms with van der Waals surface area (Å²) in [6.45, 7) is 1.67. The van der Waals surface area contributed by atoms with Gasteiger partial charge in [0.2, 0.25) is 11.9 Å². The van der Waals surface area contributed by atoms with Gasteiger partial charge in [-0.2, -0.15) is 13.2 Å². The molecule has 2 N–H and O–H groups in total. The van der Waals surface area contributed by atoms with Gasteiger partial charge in [-0.25, -0.2) is 9.97 Å². The lowest BCUT2D eigenvalue weighted by molar-refractivity contribution is -0.141. The number of hydrogen-bond acceptors (Lipinski definition) is 5. The second kappa shape index (κ2) is 6.46. The zero-order chi connectivity index (χ0) is 16.2. The van der Waals surface area contributed by atoms with Gasteiger partial charge in [-0.05, 0) is 25.1 Å². The van der Waals surface area contributed by atoms with Gasteiger partial charge in [0.05, 0.1) is 12.8 Å². The molecule has 0 aromatic carbocycles. The summed E-state index contributed by atoms with van der Waals surface area (Å²) in [7, 11) is 0. The molecule has 0 saturated heterocycles. The number of furan rings is 1. The molecule has 118 valence electrons. The van der Waals surface area contributed by atoms with Crippen LogP contribution >= 0.6 is 0 Å². The number of alkyl halides is 3. The molecular formula is C13H13F3N4O2. The Morgan fingerprint density at radius 2 is 2.18 bits per heavy atom. The average molecular weight is 314 g/mol. The van der Waals surface area contributed by atoms with Crippen LogP contribution in [0.25, 0.3) is 0 Å². The Morgan fingerprint density at radius 3 is 2.82 bits per heavy atom. The fourth-order valence-corrected chi connectivity index (χ4v) is 1.59. The van der Waals surface area contributed by atoms with Crippen LogP contribution in [0.2, 0.25) is 0 Å². The van der Waals surface area contributed by atoms with Crippen LogP contribution in [0.3, 0.4) is 0 Å². The van der Waals surface area contributed by atoms with Gasteiger partial charge in [-0.1, -0.05) is 0 Å². The van der Waals surface area contributed by atoms with Crippen LogP contribution in [0.5, 0.6) is 0 Å². The molecule has 0 radical (unpaired) electrons. The van der Waals surface area contributed by atoms with Gasteiger partial charge >= 0.3 is 6.18 Å². The van der Waals surface area contributed by atoms with Crippen molar-refractivity contribution in [2.45, 2.75) is 25.7 Å².